The standard InChI is InChI=1S/C18H24N4O/c1-18(19,15-6-4-3-5-7-15)17(23)22-12-9-14(10-13-22)16-8-11-20-21(16)2/h3-8,11,14H,9-10,12-13,19H2,1-2H3. The normalized spacial score (nSPS) is 18.7. The van der Waals surface area contributed by atoms with E-state index in [1.54, 1.807) is 6.92 Å². The van der Waals surface area contributed by atoms with Gasteiger partial charge in [-0.2, -0.15) is 5.10 Å². The number of aryl methyl sites for hydroxylation is 1. The Morgan fingerprint density at radius 3 is 2.43 bits per heavy atom. The summed E-state index contributed by atoms with van der Waals surface area (Å²) < 4.78 is 1.93. The van der Waals surface area contributed by atoms with E-state index in [9.17, 15) is 4.79 Å². The van der Waals surface area contributed by atoms with Crippen LogP contribution in [-0.2, 0) is 17.4 Å². The summed E-state index contributed by atoms with van der Waals surface area (Å²) in [5, 5.41) is 4.24. The number of nitrogens with two attached hydrogens (primary N) is 1. The Bertz CT molecular complexity index is 669. The van der Waals surface area contributed by atoms with Gasteiger partial charge in [0.2, 0.25) is 5.91 Å². The molecule has 0 aliphatic carbocycles. The maximum Gasteiger partial charge on any atom is 0.246 e. The molecule has 0 saturated carbocycles. The average molecular weight is 312 g/mol. The van der Waals surface area contributed by atoms with Crippen molar-refractivity contribution in [1.82, 2.24) is 14.7 Å². The molecule has 3 rings (SSSR count). The lowest BCUT2D eigenvalue weighted by atomic mass is 9.88. The summed E-state index contributed by atoms with van der Waals surface area (Å²) in [5.41, 5.74) is 7.49. The van der Waals surface area contributed by atoms with Crippen molar-refractivity contribution < 1.29 is 4.79 Å². The number of hydrogen-bond acceptors (Lipinski definition) is 3. The third-order valence-corrected chi connectivity index (χ3v) is 4.88. The van der Waals surface area contributed by atoms with Gasteiger partial charge in [-0.25, -0.2) is 0 Å². The Hall–Kier alpha value is -2.14. The fraction of sp³-hybridized carbons (Fsp3) is 0.444. The number of piperidine rings is 1. The number of aromatic nitrogens is 2. The molecule has 1 aliphatic rings. The predicted molar refractivity (Wildman–Crippen MR) is 89.7 cm³/mol. The molecule has 0 bridgehead atoms. The summed E-state index contributed by atoms with van der Waals surface area (Å²) >= 11 is 0. The molecule has 23 heavy (non-hydrogen) atoms. The first-order valence-corrected chi connectivity index (χ1v) is 8.12. The van der Waals surface area contributed by atoms with Crippen molar-refractivity contribution in [2.24, 2.45) is 12.8 Å². The lowest BCUT2D eigenvalue weighted by molar-refractivity contribution is -0.137. The van der Waals surface area contributed by atoms with Crippen LogP contribution >= 0.6 is 0 Å². The van der Waals surface area contributed by atoms with E-state index in [4.69, 9.17) is 5.73 Å². The van der Waals surface area contributed by atoms with E-state index in [1.807, 2.05) is 53.2 Å². The number of carbonyl (C=O) groups is 1. The SMILES string of the molecule is Cn1nccc1C1CCN(C(=O)C(C)(N)c2ccccc2)CC1. The zero-order valence-electron chi connectivity index (χ0n) is 13.8. The third-order valence-electron chi connectivity index (χ3n) is 4.88. The highest BCUT2D eigenvalue weighted by Gasteiger charge is 2.36. The molecule has 5 heteroatoms. The zero-order valence-corrected chi connectivity index (χ0v) is 13.8. The first kappa shape index (κ1) is 15.7. The van der Waals surface area contributed by atoms with Crippen LogP contribution in [-0.4, -0.2) is 33.7 Å². The summed E-state index contributed by atoms with van der Waals surface area (Å²) in [6, 6.07) is 11.7. The molecule has 1 saturated heterocycles. The summed E-state index contributed by atoms with van der Waals surface area (Å²) in [5.74, 6) is 0.472. The second kappa shape index (κ2) is 6.16. The zero-order chi connectivity index (χ0) is 16.4. The summed E-state index contributed by atoms with van der Waals surface area (Å²) in [4.78, 5) is 14.8. The Morgan fingerprint density at radius 2 is 1.87 bits per heavy atom. The molecule has 1 aromatic carbocycles. The average Bonchev–Trinajstić information content (AvgIpc) is 3.01. The predicted octanol–water partition coefficient (Wildman–Crippen LogP) is 2.00. The largest absolute Gasteiger partial charge is 0.341 e. The van der Waals surface area contributed by atoms with Crippen molar-refractivity contribution in [1.29, 1.82) is 0 Å². The van der Waals surface area contributed by atoms with Crippen LogP contribution in [0.5, 0.6) is 0 Å². The van der Waals surface area contributed by atoms with Gasteiger partial charge in [-0.15, -0.1) is 0 Å². The van der Waals surface area contributed by atoms with Crippen molar-refractivity contribution in [3.63, 3.8) is 0 Å². The highest BCUT2D eigenvalue weighted by Crippen LogP contribution is 2.29. The molecule has 2 aromatic rings. The fourth-order valence-electron chi connectivity index (χ4n) is 3.40. The van der Waals surface area contributed by atoms with E-state index in [-0.39, 0.29) is 5.91 Å². The van der Waals surface area contributed by atoms with Crippen LogP contribution in [0.2, 0.25) is 0 Å². The van der Waals surface area contributed by atoms with Crippen molar-refractivity contribution >= 4 is 5.91 Å². The molecule has 1 fully saturated rings. The number of likely N-dealkylation sites (tertiary alicyclic amines) is 1. The Labute approximate surface area is 137 Å². The van der Waals surface area contributed by atoms with Crippen molar-refractivity contribution in [3.8, 4) is 0 Å². The minimum atomic E-state index is -0.972. The van der Waals surface area contributed by atoms with Gasteiger partial charge in [0, 0.05) is 37.9 Å². The molecular weight excluding hydrogens is 288 g/mol. The van der Waals surface area contributed by atoms with E-state index in [1.165, 1.54) is 5.69 Å². The van der Waals surface area contributed by atoms with Gasteiger partial charge in [-0.3, -0.25) is 9.48 Å². The van der Waals surface area contributed by atoms with Crippen LogP contribution in [0.3, 0.4) is 0 Å². The Kier molecular flexibility index (Phi) is 4.22. The molecule has 122 valence electrons. The smallest absolute Gasteiger partial charge is 0.246 e. The number of benzene rings is 1. The van der Waals surface area contributed by atoms with Gasteiger partial charge in [0.25, 0.3) is 0 Å². The molecule has 5 nitrogen and oxygen atoms in total. The Morgan fingerprint density at radius 1 is 1.22 bits per heavy atom. The molecule has 1 amide bonds. The van der Waals surface area contributed by atoms with Gasteiger partial charge >= 0.3 is 0 Å². The van der Waals surface area contributed by atoms with Gasteiger partial charge in [-0.1, -0.05) is 30.3 Å². The lowest BCUT2D eigenvalue weighted by Crippen LogP contribution is -2.52. The van der Waals surface area contributed by atoms with Crippen LogP contribution in [0.4, 0.5) is 0 Å². The van der Waals surface area contributed by atoms with Crippen LogP contribution in [0.1, 0.15) is 36.9 Å². The van der Waals surface area contributed by atoms with Gasteiger partial charge < -0.3 is 10.6 Å². The highest BCUT2D eigenvalue weighted by molar-refractivity contribution is 5.87. The third kappa shape index (κ3) is 3.01. The number of hydrogen-bond donors (Lipinski definition) is 1. The highest BCUT2D eigenvalue weighted by atomic mass is 16.2. The molecule has 1 aromatic heterocycles. The number of amides is 1. The maximum atomic E-state index is 12.9. The summed E-state index contributed by atoms with van der Waals surface area (Å²) in [7, 11) is 1.97. The molecule has 0 spiro atoms. The minimum Gasteiger partial charge on any atom is -0.341 e. The van der Waals surface area contributed by atoms with E-state index in [2.05, 4.69) is 11.2 Å². The molecule has 0 radical (unpaired) electrons. The summed E-state index contributed by atoms with van der Waals surface area (Å²) in [6.45, 7) is 3.29. The molecule has 1 aliphatic heterocycles. The molecular formula is C18H24N4O. The van der Waals surface area contributed by atoms with Crippen LogP contribution < -0.4 is 5.73 Å². The van der Waals surface area contributed by atoms with Gasteiger partial charge in [0.05, 0.1) is 0 Å². The van der Waals surface area contributed by atoms with Crippen LogP contribution in [0.15, 0.2) is 42.6 Å². The quantitative estimate of drug-likeness (QED) is 0.943. The van der Waals surface area contributed by atoms with E-state index >= 15 is 0 Å². The number of nitrogens with zero attached hydrogens (tertiary/aromatic N) is 3. The first-order chi connectivity index (χ1) is 11.0. The molecule has 1 unspecified atom stereocenters. The monoisotopic (exact) mass is 312 g/mol. The van der Waals surface area contributed by atoms with Crippen LogP contribution in [0.25, 0.3) is 0 Å². The lowest BCUT2D eigenvalue weighted by Gasteiger charge is -2.37. The van der Waals surface area contributed by atoms with Gasteiger partial charge in [0.1, 0.15) is 5.54 Å². The van der Waals surface area contributed by atoms with Crippen molar-refractivity contribution in [2.75, 3.05) is 13.1 Å². The first-order valence-electron chi connectivity index (χ1n) is 8.12. The molecule has 2 heterocycles. The van der Waals surface area contributed by atoms with Gasteiger partial charge in [-0.05, 0) is 31.4 Å². The molecule has 1 atom stereocenters. The Balaban J connectivity index is 1.68. The second-order valence-electron chi connectivity index (χ2n) is 6.51. The van der Waals surface area contributed by atoms with Crippen molar-refractivity contribution in [3.05, 3.63) is 53.9 Å². The second-order valence-corrected chi connectivity index (χ2v) is 6.51. The topological polar surface area (TPSA) is 64.2 Å². The van der Waals surface area contributed by atoms with E-state index < -0.39 is 5.54 Å². The maximum absolute atomic E-state index is 12.9. The van der Waals surface area contributed by atoms with Gasteiger partial charge in [0.15, 0.2) is 0 Å². The fourth-order valence-corrected chi connectivity index (χ4v) is 3.40. The minimum absolute atomic E-state index is 0.00663. The van der Waals surface area contributed by atoms with E-state index in [0.29, 0.717) is 5.92 Å². The number of carbonyl (C=O) groups excluding carboxylic acids is 1. The van der Waals surface area contributed by atoms with E-state index in [0.717, 1.165) is 31.5 Å². The van der Waals surface area contributed by atoms with Crippen LogP contribution in [0, 0.1) is 0 Å². The number of rotatable bonds is 3. The van der Waals surface area contributed by atoms with Crippen molar-refractivity contribution in [2.45, 2.75) is 31.2 Å². The molecule has 2 N–H and O–H groups in total. The summed E-state index contributed by atoms with van der Waals surface area (Å²) in [6.07, 6.45) is 3.74.